The van der Waals surface area contributed by atoms with Crippen molar-refractivity contribution < 1.29 is 18.0 Å². The van der Waals surface area contributed by atoms with Crippen molar-refractivity contribution in [2.75, 3.05) is 5.88 Å². The second-order valence-electron chi connectivity index (χ2n) is 4.86. The Morgan fingerprint density at radius 1 is 1.40 bits per heavy atom. The Kier molecular flexibility index (Phi) is 4.52. The minimum atomic E-state index is -4.45. The number of nitrogens with zero attached hydrogens (tertiary/aromatic N) is 1. The molecule has 1 saturated carbocycles. The maximum absolute atomic E-state index is 12.4. The van der Waals surface area contributed by atoms with Gasteiger partial charge in [-0.25, -0.2) is 0 Å². The van der Waals surface area contributed by atoms with Crippen LogP contribution in [0.3, 0.4) is 0 Å². The molecule has 1 amide bonds. The normalized spacial score (nSPS) is 22.8. The molecule has 1 aromatic rings. The van der Waals surface area contributed by atoms with Gasteiger partial charge in [0.25, 0.3) is 5.91 Å². The van der Waals surface area contributed by atoms with E-state index in [4.69, 9.17) is 11.6 Å². The lowest BCUT2D eigenvalue weighted by molar-refractivity contribution is -0.137. The summed E-state index contributed by atoms with van der Waals surface area (Å²) >= 11 is 5.81. The summed E-state index contributed by atoms with van der Waals surface area (Å²) in [7, 11) is 0. The van der Waals surface area contributed by atoms with Crippen LogP contribution in [0.15, 0.2) is 18.3 Å². The highest BCUT2D eigenvalue weighted by Crippen LogP contribution is 2.29. The number of hydrogen-bond donors (Lipinski definition) is 1. The summed E-state index contributed by atoms with van der Waals surface area (Å²) in [4.78, 5) is 15.5. The van der Waals surface area contributed by atoms with Crippen molar-refractivity contribution in [3.63, 3.8) is 0 Å². The zero-order chi connectivity index (χ0) is 14.8. The lowest BCUT2D eigenvalue weighted by atomic mass is 10.1. The third kappa shape index (κ3) is 3.42. The molecule has 1 heterocycles. The van der Waals surface area contributed by atoms with E-state index in [-0.39, 0.29) is 17.7 Å². The third-order valence-corrected chi connectivity index (χ3v) is 3.89. The van der Waals surface area contributed by atoms with Gasteiger partial charge in [0, 0.05) is 18.1 Å². The van der Waals surface area contributed by atoms with Gasteiger partial charge in [-0.15, -0.1) is 11.6 Å². The molecule has 0 radical (unpaired) electrons. The van der Waals surface area contributed by atoms with E-state index in [1.165, 1.54) is 0 Å². The zero-order valence-electron chi connectivity index (χ0n) is 10.6. The smallest absolute Gasteiger partial charge is 0.348 e. The van der Waals surface area contributed by atoms with Gasteiger partial charge in [0.15, 0.2) is 0 Å². The van der Waals surface area contributed by atoms with Crippen molar-refractivity contribution in [2.45, 2.75) is 31.5 Å². The molecule has 1 aliphatic rings. The van der Waals surface area contributed by atoms with Crippen molar-refractivity contribution in [3.8, 4) is 0 Å². The predicted molar refractivity (Wildman–Crippen MR) is 68.6 cm³/mol. The van der Waals surface area contributed by atoms with Gasteiger partial charge in [-0.05, 0) is 30.9 Å². The maximum atomic E-state index is 12.4. The molecule has 110 valence electrons. The molecule has 1 aliphatic carbocycles. The standard InChI is InChI=1S/C13H14ClF3N2O/c14-6-8-2-1-3-10(8)19-12(20)11-5-4-9(7-18-11)13(15,16)17/h4-5,7-8,10H,1-3,6H2,(H,19,20). The van der Waals surface area contributed by atoms with Crippen molar-refractivity contribution in [1.29, 1.82) is 0 Å². The third-order valence-electron chi connectivity index (χ3n) is 3.50. The number of pyridine rings is 1. The number of carbonyl (C=O) groups is 1. The van der Waals surface area contributed by atoms with Gasteiger partial charge in [-0.1, -0.05) is 6.42 Å². The molecular formula is C13H14ClF3N2O. The van der Waals surface area contributed by atoms with E-state index in [0.717, 1.165) is 31.4 Å². The zero-order valence-corrected chi connectivity index (χ0v) is 11.3. The lowest BCUT2D eigenvalue weighted by Crippen LogP contribution is -2.38. The highest BCUT2D eigenvalue weighted by Gasteiger charge is 2.31. The van der Waals surface area contributed by atoms with Gasteiger partial charge < -0.3 is 5.32 Å². The quantitative estimate of drug-likeness (QED) is 0.871. The molecule has 1 fully saturated rings. The molecule has 1 aromatic heterocycles. The lowest BCUT2D eigenvalue weighted by Gasteiger charge is -2.18. The van der Waals surface area contributed by atoms with Crippen molar-refractivity contribution >= 4 is 17.5 Å². The van der Waals surface area contributed by atoms with Gasteiger partial charge in [-0.3, -0.25) is 9.78 Å². The minimum Gasteiger partial charge on any atom is -0.348 e. The van der Waals surface area contributed by atoms with Gasteiger partial charge in [-0.2, -0.15) is 13.2 Å². The van der Waals surface area contributed by atoms with Crippen LogP contribution in [0.2, 0.25) is 0 Å². The Morgan fingerprint density at radius 2 is 2.15 bits per heavy atom. The second-order valence-corrected chi connectivity index (χ2v) is 5.16. The SMILES string of the molecule is O=C(NC1CCCC1CCl)c1ccc(C(F)(F)F)cn1. The van der Waals surface area contributed by atoms with Crippen LogP contribution in [0.25, 0.3) is 0 Å². The predicted octanol–water partition coefficient (Wildman–Crippen LogP) is 3.24. The summed E-state index contributed by atoms with van der Waals surface area (Å²) in [5, 5.41) is 2.79. The number of halogens is 4. The molecule has 0 saturated heterocycles. The van der Waals surface area contributed by atoms with Crippen LogP contribution in [0.5, 0.6) is 0 Å². The van der Waals surface area contributed by atoms with E-state index >= 15 is 0 Å². The first kappa shape index (κ1) is 15.1. The molecule has 1 N–H and O–H groups in total. The van der Waals surface area contributed by atoms with E-state index in [1.807, 2.05) is 0 Å². The van der Waals surface area contributed by atoms with Crippen LogP contribution < -0.4 is 5.32 Å². The number of rotatable bonds is 3. The van der Waals surface area contributed by atoms with Crippen LogP contribution in [-0.2, 0) is 6.18 Å². The molecule has 2 atom stereocenters. The highest BCUT2D eigenvalue weighted by molar-refractivity contribution is 6.18. The topological polar surface area (TPSA) is 42.0 Å². The fourth-order valence-corrected chi connectivity index (χ4v) is 2.72. The number of nitrogens with one attached hydrogen (secondary N) is 1. The molecule has 0 aromatic carbocycles. The van der Waals surface area contributed by atoms with Crippen molar-refractivity contribution in [3.05, 3.63) is 29.6 Å². The summed E-state index contributed by atoms with van der Waals surface area (Å²) in [6, 6.07) is 1.92. The molecule has 2 unspecified atom stereocenters. The molecular weight excluding hydrogens is 293 g/mol. The Hall–Kier alpha value is -1.30. The highest BCUT2D eigenvalue weighted by atomic mass is 35.5. The summed E-state index contributed by atoms with van der Waals surface area (Å²) in [5.41, 5.74) is -0.883. The summed E-state index contributed by atoms with van der Waals surface area (Å²) in [6.07, 6.45) is -0.999. The van der Waals surface area contributed by atoms with E-state index in [0.29, 0.717) is 12.1 Å². The maximum Gasteiger partial charge on any atom is 0.417 e. The van der Waals surface area contributed by atoms with Crippen LogP contribution in [-0.4, -0.2) is 22.8 Å². The molecule has 7 heteroatoms. The Morgan fingerprint density at radius 3 is 2.70 bits per heavy atom. The average molecular weight is 307 g/mol. The fraction of sp³-hybridized carbons (Fsp3) is 0.538. The number of aromatic nitrogens is 1. The molecule has 20 heavy (non-hydrogen) atoms. The minimum absolute atomic E-state index is 0.0155. The first-order valence-electron chi connectivity index (χ1n) is 6.32. The fourth-order valence-electron chi connectivity index (χ4n) is 2.35. The number of amides is 1. The van der Waals surface area contributed by atoms with Crippen LogP contribution in [0, 0.1) is 5.92 Å². The number of alkyl halides is 4. The van der Waals surface area contributed by atoms with Gasteiger partial charge in [0.05, 0.1) is 5.56 Å². The molecule has 3 nitrogen and oxygen atoms in total. The number of hydrogen-bond acceptors (Lipinski definition) is 2. The molecule has 0 aliphatic heterocycles. The number of carbonyl (C=O) groups excluding carboxylic acids is 1. The summed E-state index contributed by atoms with van der Waals surface area (Å²) < 4.78 is 37.2. The largest absolute Gasteiger partial charge is 0.417 e. The average Bonchev–Trinajstić information content (AvgIpc) is 2.85. The molecule has 0 spiro atoms. The van der Waals surface area contributed by atoms with Crippen molar-refractivity contribution in [1.82, 2.24) is 10.3 Å². The van der Waals surface area contributed by atoms with Crippen LogP contribution >= 0.6 is 11.6 Å². The first-order valence-corrected chi connectivity index (χ1v) is 6.85. The van der Waals surface area contributed by atoms with Gasteiger partial charge in [0.2, 0.25) is 0 Å². The molecule has 0 bridgehead atoms. The Balaban J connectivity index is 2.02. The van der Waals surface area contributed by atoms with E-state index in [2.05, 4.69) is 10.3 Å². The summed E-state index contributed by atoms with van der Waals surface area (Å²) in [5.74, 6) is 0.224. The monoisotopic (exact) mass is 306 g/mol. The Bertz CT molecular complexity index is 475. The van der Waals surface area contributed by atoms with Crippen LogP contribution in [0.4, 0.5) is 13.2 Å². The van der Waals surface area contributed by atoms with E-state index < -0.39 is 17.6 Å². The van der Waals surface area contributed by atoms with Gasteiger partial charge in [0.1, 0.15) is 5.69 Å². The van der Waals surface area contributed by atoms with Gasteiger partial charge >= 0.3 is 6.18 Å². The van der Waals surface area contributed by atoms with E-state index in [9.17, 15) is 18.0 Å². The first-order chi connectivity index (χ1) is 9.41. The van der Waals surface area contributed by atoms with Crippen molar-refractivity contribution in [2.24, 2.45) is 5.92 Å². The van der Waals surface area contributed by atoms with E-state index in [1.54, 1.807) is 0 Å². The van der Waals surface area contributed by atoms with Crippen LogP contribution in [0.1, 0.15) is 35.3 Å². The molecule has 2 rings (SSSR count). The Labute approximate surface area is 119 Å². The second kappa shape index (κ2) is 5.99. The summed E-state index contributed by atoms with van der Waals surface area (Å²) in [6.45, 7) is 0.